The molecule has 0 atom stereocenters. The molecule has 2 rings (SSSR count). The molecule has 0 heterocycles. The molecule has 0 saturated heterocycles. The summed E-state index contributed by atoms with van der Waals surface area (Å²) in [6.45, 7) is 2.06. The van der Waals surface area contributed by atoms with Crippen LogP contribution in [0.15, 0.2) is 35.9 Å². The van der Waals surface area contributed by atoms with E-state index in [4.69, 9.17) is 0 Å². The quantitative estimate of drug-likeness (QED) is 0.732. The maximum absolute atomic E-state index is 11.9. The molecule has 0 spiro atoms. The lowest BCUT2D eigenvalue weighted by Gasteiger charge is -2.02. The number of hydrogen-bond acceptors (Lipinski definition) is 1. The van der Waals surface area contributed by atoms with Gasteiger partial charge in [-0.05, 0) is 37.3 Å². The van der Waals surface area contributed by atoms with Gasteiger partial charge >= 0.3 is 0 Å². The molecule has 15 heavy (non-hydrogen) atoms. The first-order valence-corrected chi connectivity index (χ1v) is 5.53. The van der Waals surface area contributed by atoms with Gasteiger partial charge in [0.1, 0.15) is 0 Å². The Balaban J connectivity index is 2.05. The minimum Gasteiger partial charge on any atom is -0.294 e. The first-order valence-electron chi connectivity index (χ1n) is 5.53. The van der Waals surface area contributed by atoms with Crippen molar-refractivity contribution in [3.63, 3.8) is 0 Å². The third kappa shape index (κ3) is 2.56. The number of ketones is 1. The van der Waals surface area contributed by atoms with Gasteiger partial charge in [0.15, 0.2) is 5.78 Å². The van der Waals surface area contributed by atoms with Crippen molar-refractivity contribution in [1.29, 1.82) is 0 Å². The van der Waals surface area contributed by atoms with Crippen molar-refractivity contribution in [2.75, 3.05) is 0 Å². The fourth-order valence-corrected chi connectivity index (χ4v) is 2.05. The van der Waals surface area contributed by atoms with Crippen LogP contribution in [0.3, 0.4) is 0 Å². The Bertz CT molecular complexity index is 402. The zero-order valence-corrected chi connectivity index (χ0v) is 9.12. The van der Waals surface area contributed by atoms with Crippen molar-refractivity contribution in [2.24, 2.45) is 0 Å². The first-order chi connectivity index (χ1) is 7.25. The molecular weight excluding hydrogens is 184 g/mol. The molecule has 0 saturated carbocycles. The average molecular weight is 200 g/mol. The summed E-state index contributed by atoms with van der Waals surface area (Å²) in [6, 6.07) is 8.19. The third-order valence-corrected chi connectivity index (χ3v) is 2.85. The smallest absolute Gasteiger partial charge is 0.162 e. The van der Waals surface area contributed by atoms with E-state index in [1.54, 1.807) is 0 Å². The number of rotatable bonds is 3. The fraction of sp³-hybridized carbons (Fsp3) is 0.357. The first kappa shape index (κ1) is 10.2. The van der Waals surface area contributed by atoms with E-state index < -0.39 is 0 Å². The van der Waals surface area contributed by atoms with Crippen molar-refractivity contribution in [3.05, 3.63) is 47.0 Å². The van der Waals surface area contributed by atoms with Crippen molar-refractivity contribution >= 4 is 5.78 Å². The zero-order chi connectivity index (χ0) is 10.7. The minimum atomic E-state index is 0.304. The predicted octanol–water partition coefficient (Wildman–Crippen LogP) is 3.22. The van der Waals surface area contributed by atoms with Crippen LogP contribution in [0.1, 0.15) is 30.4 Å². The highest BCUT2D eigenvalue weighted by Crippen LogP contribution is 2.20. The SMILES string of the molecule is Cc1cccc(CC(=O)C2=CCCC2)c1. The largest absolute Gasteiger partial charge is 0.294 e. The number of hydrogen-bond donors (Lipinski definition) is 0. The molecule has 0 bridgehead atoms. The highest BCUT2D eigenvalue weighted by atomic mass is 16.1. The number of benzene rings is 1. The number of carbonyl (C=O) groups is 1. The van der Waals surface area contributed by atoms with E-state index >= 15 is 0 Å². The maximum atomic E-state index is 11.9. The molecule has 78 valence electrons. The highest BCUT2D eigenvalue weighted by Gasteiger charge is 2.13. The van der Waals surface area contributed by atoms with E-state index in [0.29, 0.717) is 12.2 Å². The Labute approximate surface area is 90.8 Å². The van der Waals surface area contributed by atoms with Gasteiger partial charge in [-0.2, -0.15) is 0 Å². The second-order valence-electron chi connectivity index (χ2n) is 4.21. The normalized spacial score (nSPS) is 15.1. The summed E-state index contributed by atoms with van der Waals surface area (Å²) in [6.07, 6.45) is 5.86. The zero-order valence-electron chi connectivity index (χ0n) is 9.12. The summed E-state index contributed by atoms with van der Waals surface area (Å²) < 4.78 is 0. The van der Waals surface area contributed by atoms with Crippen LogP contribution in [-0.4, -0.2) is 5.78 Å². The van der Waals surface area contributed by atoms with Gasteiger partial charge in [-0.25, -0.2) is 0 Å². The monoisotopic (exact) mass is 200 g/mol. The van der Waals surface area contributed by atoms with Crippen LogP contribution in [0.2, 0.25) is 0 Å². The molecule has 0 radical (unpaired) electrons. The van der Waals surface area contributed by atoms with Gasteiger partial charge in [-0.3, -0.25) is 4.79 Å². The summed E-state index contributed by atoms with van der Waals surface area (Å²) in [5.41, 5.74) is 3.39. The lowest BCUT2D eigenvalue weighted by molar-refractivity contribution is -0.115. The summed E-state index contributed by atoms with van der Waals surface area (Å²) in [4.78, 5) is 11.9. The van der Waals surface area contributed by atoms with E-state index in [-0.39, 0.29) is 0 Å². The van der Waals surface area contributed by atoms with Gasteiger partial charge in [-0.15, -0.1) is 0 Å². The van der Waals surface area contributed by atoms with E-state index in [1.807, 2.05) is 12.1 Å². The van der Waals surface area contributed by atoms with Crippen molar-refractivity contribution in [3.8, 4) is 0 Å². The van der Waals surface area contributed by atoms with Gasteiger partial charge < -0.3 is 0 Å². The molecule has 0 amide bonds. The molecule has 0 aromatic heterocycles. The Morgan fingerprint density at radius 2 is 2.27 bits per heavy atom. The second-order valence-corrected chi connectivity index (χ2v) is 4.21. The predicted molar refractivity (Wildman–Crippen MR) is 61.8 cm³/mol. The van der Waals surface area contributed by atoms with Crippen LogP contribution < -0.4 is 0 Å². The number of Topliss-reactive ketones (excluding diaryl/α,β-unsaturated/α-hetero) is 1. The van der Waals surface area contributed by atoms with Crippen molar-refractivity contribution in [1.82, 2.24) is 0 Å². The fourth-order valence-electron chi connectivity index (χ4n) is 2.05. The van der Waals surface area contributed by atoms with Gasteiger partial charge in [0, 0.05) is 6.42 Å². The molecule has 1 aliphatic rings. The van der Waals surface area contributed by atoms with Crippen molar-refractivity contribution in [2.45, 2.75) is 32.6 Å². The molecule has 1 nitrogen and oxygen atoms in total. The van der Waals surface area contributed by atoms with Crippen LogP contribution in [0.25, 0.3) is 0 Å². The molecule has 1 aliphatic carbocycles. The third-order valence-electron chi connectivity index (χ3n) is 2.85. The van der Waals surface area contributed by atoms with Crippen LogP contribution in [0.4, 0.5) is 0 Å². The molecule has 0 aliphatic heterocycles. The number of aryl methyl sites for hydroxylation is 1. The Kier molecular flexibility index (Phi) is 3.00. The molecule has 0 unspecified atom stereocenters. The van der Waals surface area contributed by atoms with Crippen LogP contribution in [0, 0.1) is 6.92 Å². The molecule has 0 N–H and O–H groups in total. The Morgan fingerprint density at radius 3 is 2.93 bits per heavy atom. The molecule has 0 fully saturated rings. The summed E-state index contributed by atoms with van der Waals surface area (Å²) >= 11 is 0. The van der Waals surface area contributed by atoms with E-state index in [0.717, 1.165) is 30.4 Å². The standard InChI is InChI=1S/C14H16O/c1-11-5-4-6-12(9-11)10-14(15)13-7-2-3-8-13/h4-7,9H,2-3,8,10H2,1H3. The number of allylic oxidation sites excluding steroid dienone is 2. The van der Waals surface area contributed by atoms with Gasteiger partial charge in [-0.1, -0.05) is 35.9 Å². The van der Waals surface area contributed by atoms with Crippen LogP contribution >= 0.6 is 0 Å². The minimum absolute atomic E-state index is 0.304. The molecule has 1 heteroatoms. The van der Waals surface area contributed by atoms with E-state index in [2.05, 4.69) is 25.1 Å². The van der Waals surface area contributed by atoms with Crippen LogP contribution in [0.5, 0.6) is 0 Å². The topological polar surface area (TPSA) is 17.1 Å². The average Bonchev–Trinajstić information content (AvgIpc) is 2.70. The van der Waals surface area contributed by atoms with Gasteiger partial charge in [0.25, 0.3) is 0 Å². The van der Waals surface area contributed by atoms with Crippen LogP contribution in [-0.2, 0) is 11.2 Å². The second kappa shape index (κ2) is 4.43. The summed E-state index contributed by atoms with van der Waals surface area (Å²) in [5.74, 6) is 0.304. The van der Waals surface area contributed by atoms with Gasteiger partial charge in [0.2, 0.25) is 0 Å². The van der Waals surface area contributed by atoms with E-state index in [1.165, 1.54) is 5.56 Å². The summed E-state index contributed by atoms with van der Waals surface area (Å²) in [5, 5.41) is 0. The lowest BCUT2D eigenvalue weighted by atomic mass is 10.0. The summed E-state index contributed by atoms with van der Waals surface area (Å²) in [7, 11) is 0. The lowest BCUT2D eigenvalue weighted by Crippen LogP contribution is -2.04. The maximum Gasteiger partial charge on any atom is 0.162 e. The Hall–Kier alpha value is -1.37. The van der Waals surface area contributed by atoms with Crippen molar-refractivity contribution < 1.29 is 4.79 Å². The molecular formula is C14H16O. The Morgan fingerprint density at radius 1 is 1.40 bits per heavy atom. The van der Waals surface area contributed by atoms with Gasteiger partial charge in [0.05, 0.1) is 0 Å². The molecule has 1 aromatic carbocycles. The molecule has 1 aromatic rings. The van der Waals surface area contributed by atoms with E-state index in [9.17, 15) is 4.79 Å². The highest BCUT2D eigenvalue weighted by molar-refractivity contribution is 5.97. The number of carbonyl (C=O) groups excluding carboxylic acids is 1.